The van der Waals surface area contributed by atoms with Gasteiger partial charge in [0.2, 0.25) is 0 Å². The molecular formula is C18H16N2O4. The molecule has 122 valence electrons. The highest BCUT2D eigenvalue weighted by atomic mass is 16.5. The van der Waals surface area contributed by atoms with Crippen molar-refractivity contribution in [3.05, 3.63) is 70.6 Å². The first-order valence-electron chi connectivity index (χ1n) is 7.51. The largest absolute Gasteiger partial charge is 0.491 e. The Hall–Kier alpha value is -3.15. The standard InChI is InChI=1S/C18H16N2O4/c1-13(21)15-9-5-6-10-16(15)23-12-11-20-18(22)19-17(24-20)14-7-3-2-4-8-14/h2-10H,11-12H2,1H3. The number of carbonyl (C=O) groups excluding carboxylic acids is 1. The summed E-state index contributed by atoms with van der Waals surface area (Å²) in [5, 5.41) is 0. The van der Waals surface area contributed by atoms with Gasteiger partial charge in [0.05, 0.1) is 12.1 Å². The molecule has 24 heavy (non-hydrogen) atoms. The molecule has 0 fully saturated rings. The topological polar surface area (TPSA) is 74.3 Å². The second kappa shape index (κ2) is 6.95. The van der Waals surface area contributed by atoms with Gasteiger partial charge in [0.15, 0.2) is 5.78 Å². The smallest absolute Gasteiger partial charge is 0.380 e. The summed E-state index contributed by atoms with van der Waals surface area (Å²) < 4.78 is 12.2. The van der Waals surface area contributed by atoms with Crippen LogP contribution >= 0.6 is 0 Å². The van der Waals surface area contributed by atoms with Gasteiger partial charge in [0, 0.05) is 5.56 Å². The van der Waals surface area contributed by atoms with Crippen LogP contribution in [0, 0.1) is 0 Å². The van der Waals surface area contributed by atoms with Gasteiger partial charge in [0.25, 0.3) is 5.89 Å². The number of benzene rings is 2. The molecule has 1 aromatic heterocycles. The highest BCUT2D eigenvalue weighted by Gasteiger charge is 2.11. The zero-order chi connectivity index (χ0) is 16.9. The SMILES string of the molecule is CC(=O)c1ccccc1OCCn1oc(-c2ccccc2)nc1=O. The van der Waals surface area contributed by atoms with Crippen molar-refractivity contribution < 1.29 is 14.1 Å². The third-order valence-electron chi connectivity index (χ3n) is 3.45. The van der Waals surface area contributed by atoms with E-state index in [0.29, 0.717) is 11.3 Å². The van der Waals surface area contributed by atoms with Crippen molar-refractivity contribution >= 4 is 5.78 Å². The zero-order valence-electron chi connectivity index (χ0n) is 13.1. The molecule has 6 nitrogen and oxygen atoms in total. The predicted molar refractivity (Wildman–Crippen MR) is 88.1 cm³/mol. The van der Waals surface area contributed by atoms with E-state index in [-0.39, 0.29) is 24.8 Å². The molecule has 0 bridgehead atoms. The molecule has 0 N–H and O–H groups in total. The molecule has 0 aliphatic rings. The molecule has 0 amide bonds. The summed E-state index contributed by atoms with van der Waals surface area (Å²) in [5.41, 5.74) is 0.765. The summed E-state index contributed by atoms with van der Waals surface area (Å²) in [5.74, 6) is 0.680. The maximum absolute atomic E-state index is 11.9. The summed E-state index contributed by atoms with van der Waals surface area (Å²) in [6, 6.07) is 16.2. The lowest BCUT2D eigenvalue weighted by atomic mass is 10.1. The number of hydrogen-bond donors (Lipinski definition) is 0. The van der Waals surface area contributed by atoms with Crippen molar-refractivity contribution in [3.8, 4) is 17.2 Å². The van der Waals surface area contributed by atoms with E-state index >= 15 is 0 Å². The molecule has 3 aromatic rings. The van der Waals surface area contributed by atoms with E-state index in [1.165, 1.54) is 6.92 Å². The predicted octanol–water partition coefficient (Wildman–Crippen LogP) is 2.78. The number of nitrogens with zero attached hydrogens (tertiary/aromatic N) is 2. The Morgan fingerprint density at radius 2 is 1.83 bits per heavy atom. The summed E-state index contributed by atoms with van der Waals surface area (Å²) in [4.78, 5) is 27.3. The summed E-state index contributed by atoms with van der Waals surface area (Å²) in [6.45, 7) is 1.87. The van der Waals surface area contributed by atoms with Crippen LogP contribution in [0.15, 0.2) is 63.9 Å². The summed E-state index contributed by atoms with van der Waals surface area (Å²) >= 11 is 0. The van der Waals surface area contributed by atoms with Crippen LogP contribution in [0.3, 0.4) is 0 Å². The van der Waals surface area contributed by atoms with E-state index in [1.54, 1.807) is 24.3 Å². The van der Waals surface area contributed by atoms with Crippen molar-refractivity contribution in [1.82, 2.24) is 9.72 Å². The monoisotopic (exact) mass is 324 g/mol. The second-order valence-electron chi connectivity index (χ2n) is 5.16. The first kappa shape index (κ1) is 15.7. The van der Waals surface area contributed by atoms with Crippen LogP contribution in [-0.4, -0.2) is 22.1 Å². The second-order valence-corrected chi connectivity index (χ2v) is 5.16. The van der Waals surface area contributed by atoms with E-state index in [9.17, 15) is 9.59 Å². The zero-order valence-corrected chi connectivity index (χ0v) is 13.1. The fraction of sp³-hybridized carbons (Fsp3) is 0.167. The van der Waals surface area contributed by atoms with Crippen molar-refractivity contribution in [2.75, 3.05) is 6.61 Å². The normalized spacial score (nSPS) is 10.5. The fourth-order valence-corrected chi connectivity index (χ4v) is 2.27. The van der Waals surface area contributed by atoms with Crippen molar-refractivity contribution in [3.63, 3.8) is 0 Å². The summed E-state index contributed by atoms with van der Waals surface area (Å²) in [6.07, 6.45) is 0. The van der Waals surface area contributed by atoms with Gasteiger partial charge < -0.3 is 9.26 Å². The van der Waals surface area contributed by atoms with Crippen LogP contribution in [0.25, 0.3) is 11.5 Å². The number of ketones is 1. The molecule has 0 spiro atoms. The Bertz CT molecular complexity index is 897. The number of ether oxygens (including phenoxy) is 1. The highest BCUT2D eigenvalue weighted by molar-refractivity contribution is 5.96. The first-order chi connectivity index (χ1) is 11.6. The van der Waals surface area contributed by atoms with Crippen LogP contribution in [-0.2, 0) is 6.54 Å². The van der Waals surface area contributed by atoms with Crippen LogP contribution in [0.1, 0.15) is 17.3 Å². The highest BCUT2D eigenvalue weighted by Crippen LogP contribution is 2.18. The van der Waals surface area contributed by atoms with E-state index in [0.717, 1.165) is 10.3 Å². The Morgan fingerprint density at radius 1 is 1.12 bits per heavy atom. The molecule has 6 heteroatoms. The molecule has 2 aromatic carbocycles. The molecular weight excluding hydrogens is 308 g/mol. The average Bonchev–Trinajstić information content (AvgIpc) is 2.97. The van der Waals surface area contributed by atoms with Crippen LogP contribution in [0.2, 0.25) is 0 Å². The number of hydrogen-bond acceptors (Lipinski definition) is 5. The summed E-state index contributed by atoms with van der Waals surface area (Å²) in [7, 11) is 0. The Balaban J connectivity index is 1.69. The minimum atomic E-state index is -0.475. The third-order valence-corrected chi connectivity index (χ3v) is 3.45. The van der Waals surface area contributed by atoms with E-state index in [1.807, 2.05) is 30.3 Å². The van der Waals surface area contributed by atoms with E-state index in [2.05, 4.69) is 4.98 Å². The lowest BCUT2D eigenvalue weighted by molar-refractivity contribution is 0.101. The number of aromatic nitrogens is 2. The number of para-hydroxylation sites is 1. The van der Waals surface area contributed by atoms with E-state index < -0.39 is 5.69 Å². The molecule has 0 unspecified atom stereocenters. The van der Waals surface area contributed by atoms with Crippen molar-refractivity contribution in [1.29, 1.82) is 0 Å². The van der Waals surface area contributed by atoms with Gasteiger partial charge >= 0.3 is 5.69 Å². The van der Waals surface area contributed by atoms with Crippen LogP contribution < -0.4 is 10.4 Å². The molecule has 0 saturated carbocycles. The van der Waals surface area contributed by atoms with Crippen molar-refractivity contribution in [2.45, 2.75) is 13.5 Å². The minimum Gasteiger partial charge on any atom is -0.491 e. The van der Waals surface area contributed by atoms with Gasteiger partial charge in [-0.1, -0.05) is 30.3 Å². The molecule has 0 aliphatic carbocycles. The van der Waals surface area contributed by atoms with Gasteiger partial charge in [-0.05, 0) is 31.2 Å². The maximum atomic E-state index is 11.9. The fourth-order valence-electron chi connectivity index (χ4n) is 2.27. The first-order valence-corrected chi connectivity index (χ1v) is 7.51. The van der Waals surface area contributed by atoms with Crippen LogP contribution in [0.4, 0.5) is 0 Å². The third kappa shape index (κ3) is 3.43. The molecule has 0 saturated heterocycles. The molecule has 0 atom stereocenters. The Labute approximate surface area is 138 Å². The van der Waals surface area contributed by atoms with Gasteiger partial charge in [-0.3, -0.25) is 4.79 Å². The van der Waals surface area contributed by atoms with Gasteiger partial charge in [-0.15, -0.1) is 4.74 Å². The molecule has 1 heterocycles. The maximum Gasteiger partial charge on any atom is 0.380 e. The molecule has 0 aliphatic heterocycles. The van der Waals surface area contributed by atoms with Crippen molar-refractivity contribution in [2.24, 2.45) is 0 Å². The van der Waals surface area contributed by atoms with Crippen LogP contribution in [0.5, 0.6) is 5.75 Å². The van der Waals surface area contributed by atoms with Gasteiger partial charge in [-0.2, -0.15) is 4.98 Å². The number of Topliss-reactive ketones (excluding diaryl/α,β-unsaturated/α-hetero) is 1. The lowest BCUT2D eigenvalue weighted by Gasteiger charge is -2.08. The lowest BCUT2D eigenvalue weighted by Crippen LogP contribution is -2.20. The minimum absolute atomic E-state index is 0.0752. The van der Waals surface area contributed by atoms with Gasteiger partial charge in [-0.25, -0.2) is 4.79 Å². The number of carbonyl (C=O) groups is 1. The van der Waals surface area contributed by atoms with Gasteiger partial charge in [0.1, 0.15) is 12.4 Å². The Kier molecular flexibility index (Phi) is 4.56. The molecule has 0 radical (unpaired) electrons. The average molecular weight is 324 g/mol. The molecule has 3 rings (SSSR count). The quantitative estimate of drug-likeness (QED) is 0.652. The Morgan fingerprint density at radius 3 is 2.58 bits per heavy atom. The number of rotatable bonds is 6. The van der Waals surface area contributed by atoms with E-state index in [4.69, 9.17) is 9.26 Å².